The van der Waals surface area contributed by atoms with Gasteiger partial charge in [-0.2, -0.15) is 0 Å². The second-order valence-electron chi connectivity index (χ2n) is 3.49. The molecule has 2 nitrogen and oxygen atoms in total. The van der Waals surface area contributed by atoms with Crippen LogP contribution >= 0.6 is 0 Å². The van der Waals surface area contributed by atoms with Gasteiger partial charge in [0.15, 0.2) is 0 Å². The van der Waals surface area contributed by atoms with Gasteiger partial charge >= 0.3 is 0 Å². The number of hydrogen-bond donors (Lipinski definition) is 0. The van der Waals surface area contributed by atoms with Crippen molar-refractivity contribution in [3.63, 3.8) is 0 Å². The zero-order chi connectivity index (χ0) is 9.97. The summed E-state index contributed by atoms with van der Waals surface area (Å²) in [5, 5.41) is 0. The molecule has 2 heteroatoms. The predicted octanol–water partition coefficient (Wildman–Crippen LogP) is 2.81. The minimum absolute atomic E-state index is 0.911. The number of ether oxygens (including phenoxy) is 1. The van der Waals surface area contributed by atoms with Gasteiger partial charge in [-0.25, -0.2) is 0 Å². The minimum atomic E-state index is 0.911. The summed E-state index contributed by atoms with van der Waals surface area (Å²) in [7, 11) is 3.79. The standard InChI is InChI=1S/C12H15NO/c1-13(10-5-3-6-10)11-7-4-8-12(9-11)14-2/h4-5,7-9H,3,6H2,1-2H3. The molecule has 1 aliphatic rings. The molecular weight excluding hydrogens is 174 g/mol. The quantitative estimate of drug-likeness (QED) is 0.725. The van der Waals surface area contributed by atoms with Crippen LogP contribution in [0.4, 0.5) is 5.69 Å². The SMILES string of the molecule is COc1cccc(N(C)C2=CCC2)c1. The molecule has 2 rings (SSSR count). The van der Waals surface area contributed by atoms with Crippen molar-refractivity contribution in [3.05, 3.63) is 36.0 Å². The normalized spacial score (nSPS) is 14.3. The first-order valence-corrected chi connectivity index (χ1v) is 4.88. The van der Waals surface area contributed by atoms with Gasteiger partial charge in [-0.05, 0) is 25.0 Å². The van der Waals surface area contributed by atoms with Crippen molar-refractivity contribution in [2.45, 2.75) is 12.8 Å². The summed E-state index contributed by atoms with van der Waals surface area (Å²) < 4.78 is 5.19. The monoisotopic (exact) mass is 189 g/mol. The molecule has 0 atom stereocenters. The molecule has 0 N–H and O–H groups in total. The van der Waals surface area contributed by atoms with Crippen LogP contribution in [0, 0.1) is 0 Å². The summed E-state index contributed by atoms with van der Waals surface area (Å²) in [6, 6.07) is 8.14. The van der Waals surface area contributed by atoms with Crippen LogP contribution in [0.1, 0.15) is 12.8 Å². The highest BCUT2D eigenvalue weighted by Crippen LogP contribution is 2.28. The van der Waals surface area contributed by atoms with Crippen molar-refractivity contribution in [3.8, 4) is 5.75 Å². The van der Waals surface area contributed by atoms with Gasteiger partial charge in [-0.15, -0.1) is 0 Å². The number of benzene rings is 1. The zero-order valence-corrected chi connectivity index (χ0v) is 8.66. The van der Waals surface area contributed by atoms with E-state index >= 15 is 0 Å². The van der Waals surface area contributed by atoms with Crippen molar-refractivity contribution in [1.82, 2.24) is 0 Å². The molecule has 0 bridgehead atoms. The highest BCUT2D eigenvalue weighted by Gasteiger charge is 2.12. The van der Waals surface area contributed by atoms with Crippen LogP contribution in [-0.2, 0) is 0 Å². The summed E-state index contributed by atoms with van der Waals surface area (Å²) in [6.07, 6.45) is 4.66. The van der Waals surface area contributed by atoms with Crippen molar-refractivity contribution in [1.29, 1.82) is 0 Å². The second kappa shape index (κ2) is 3.74. The van der Waals surface area contributed by atoms with Crippen molar-refractivity contribution in [2.24, 2.45) is 0 Å². The third-order valence-corrected chi connectivity index (χ3v) is 2.65. The Morgan fingerprint density at radius 3 is 2.71 bits per heavy atom. The van der Waals surface area contributed by atoms with Gasteiger partial charge in [0, 0.05) is 24.5 Å². The molecule has 0 saturated heterocycles. The van der Waals surface area contributed by atoms with Crippen LogP contribution in [0.5, 0.6) is 5.75 Å². The molecule has 14 heavy (non-hydrogen) atoms. The van der Waals surface area contributed by atoms with E-state index in [1.54, 1.807) is 7.11 Å². The van der Waals surface area contributed by atoms with Crippen LogP contribution in [0.3, 0.4) is 0 Å². The highest BCUT2D eigenvalue weighted by atomic mass is 16.5. The Hall–Kier alpha value is -1.44. The lowest BCUT2D eigenvalue weighted by Crippen LogP contribution is -2.19. The molecule has 0 unspecified atom stereocenters. The maximum absolute atomic E-state index is 5.19. The summed E-state index contributed by atoms with van der Waals surface area (Å²) >= 11 is 0. The smallest absolute Gasteiger partial charge is 0.120 e. The Labute approximate surface area is 84.8 Å². The number of methoxy groups -OCH3 is 1. The Balaban J connectivity index is 2.22. The third-order valence-electron chi connectivity index (χ3n) is 2.65. The van der Waals surface area contributed by atoms with Gasteiger partial charge in [0.25, 0.3) is 0 Å². The third kappa shape index (κ3) is 1.60. The average Bonchev–Trinajstić information content (AvgIpc) is 2.15. The Kier molecular flexibility index (Phi) is 2.44. The van der Waals surface area contributed by atoms with Crippen LogP contribution < -0.4 is 9.64 Å². The molecule has 0 heterocycles. The summed E-state index contributed by atoms with van der Waals surface area (Å²) in [6.45, 7) is 0. The highest BCUT2D eigenvalue weighted by molar-refractivity contribution is 5.55. The molecule has 0 fully saturated rings. The van der Waals surface area contributed by atoms with E-state index in [1.807, 2.05) is 12.1 Å². The van der Waals surface area contributed by atoms with E-state index in [-0.39, 0.29) is 0 Å². The van der Waals surface area contributed by atoms with E-state index in [0.717, 1.165) is 5.75 Å². The largest absolute Gasteiger partial charge is 0.497 e. The number of anilines is 1. The first kappa shape index (κ1) is 9.13. The summed E-state index contributed by atoms with van der Waals surface area (Å²) in [5.74, 6) is 0.911. The van der Waals surface area contributed by atoms with Crippen LogP contribution in [-0.4, -0.2) is 14.2 Å². The molecule has 0 amide bonds. The molecular formula is C12H15NO. The maximum atomic E-state index is 5.19. The van der Waals surface area contributed by atoms with Gasteiger partial charge in [0.05, 0.1) is 7.11 Å². The molecule has 1 aliphatic carbocycles. The number of hydrogen-bond acceptors (Lipinski definition) is 2. The molecule has 1 aromatic carbocycles. The van der Waals surface area contributed by atoms with Crippen LogP contribution in [0.2, 0.25) is 0 Å². The number of rotatable bonds is 3. The number of allylic oxidation sites excluding steroid dienone is 2. The lowest BCUT2D eigenvalue weighted by Gasteiger charge is -2.27. The van der Waals surface area contributed by atoms with E-state index in [0.29, 0.717) is 0 Å². The fourth-order valence-corrected chi connectivity index (χ4v) is 1.56. The van der Waals surface area contributed by atoms with Gasteiger partial charge in [0.2, 0.25) is 0 Å². The van der Waals surface area contributed by atoms with Crippen LogP contribution in [0.25, 0.3) is 0 Å². The Morgan fingerprint density at radius 2 is 2.14 bits per heavy atom. The fraction of sp³-hybridized carbons (Fsp3) is 0.333. The maximum Gasteiger partial charge on any atom is 0.120 e. The van der Waals surface area contributed by atoms with E-state index < -0.39 is 0 Å². The van der Waals surface area contributed by atoms with Gasteiger partial charge < -0.3 is 9.64 Å². The van der Waals surface area contributed by atoms with Crippen molar-refractivity contribution in [2.75, 3.05) is 19.1 Å². The van der Waals surface area contributed by atoms with Gasteiger partial charge in [0.1, 0.15) is 5.75 Å². The van der Waals surface area contributed by atoms with E-state index in [2.05, 4.69) is 30.2 Å². The molecule has 1 aromatic rings. The molecule has 0 radical (unpaired) electrons. The van der Waals surface area contributed by atoms with E-state index in [4.69, 9.17) is 4.74 Å². The molecule has 0 aromatic heterocycles. The van der Waals surface area contributed by atoms with E-state index in [1.165, 1.54) is 24.2 Å². The van der Waals surface area contributed by atoms with Crippen molar-refractivity contribution >= 4 is 5.69 Å². The molecule has 0 spiro atoms. The molecule has 0 saturated carbocycles. The first-order valence-electron chi connectivity index (χ1n) is 4.88. The lowest BCUT2D eigenvalue weighted by molar-refractivity contribution is 0.415. The summed E-state index contributed by atoms with van der Waals surface area (Å²) in [5.41, 5.74) is 2.59. The first-order chi connectivity index (χ1) is 6.81. The van der Waals surface area contributed by atoms with Gasteiger partial charge in [-0.1, -0.05) is 12.1 Å². The van der Waals surface area contributed by atoms with Gasteiger partial charge in [-0.3, -0.25) is 0 Å². The topological polar surface area (TPSA) is 12.5 Å². The van der Waals surface area contributed by atoms with E-state index in [9.17, 15) is 0 Å². The molecule has 0 aliphatic heterocycles. The zero-order valence-electron chi connectivity index (χ0n) is 8.66. The lowest BCUT2D eigenvalue weighted by atomic mass is 10.0. The van der Waals surface area contributed by atoms with Crippen LogP contribution in [0.15, 0.2) is 36.0 Å². The predicted molar refractivity (Wildman–Crippen MR) is 58.7 cm³/mol. The number of nitrogens with zero attached hydrogens (tertiary/aromatic N) is 1. The Morgan fingerprint density at radius 1 is 1.36 bits per heavy atom. The summed E-state index contributed by atoms with van der Waals surface area (Å²) in [4.78, 5) is 2.21. The second-order valence-corrected chi connectivity index (χ2v) is 3.49. The van der Waals surface area contributed by atoms with Crippen molar-refractivity contribution < 1.29 is 4.74 Å². The molecule has 74 valence electrons. The average molecular weight is 189 g/mol. The minimum Gasteiger partial charge on any atom is -0.497 e. The Bertz CT molecular complexity index is 357. The fourth-order valence-electron chi connectivity index (χ4n) is 1.56.